The zero-order chi connectivity index (χ0) is 24.7. The summed E-state index contributed by atoms with van der Waals surface area (Å²) in [5.74, 6) is -6.05. The van der Waals surface area contributed by atoms with Crippen LogP contribution in [0.15, 0.2) is 12.1 Å². The molecule has 0 unspecified atom stereocenters. The van der Waals surface area contributed by atoms with Gasteiger partial charge in [-0.1, -0.05) is 0 Å². The lowest BCUT2D eigenvalue weighted by Gasteiger charge is -2.31. The van der Waals surface area contributed by atoms with Crippen molar-refractivity contribution in [1.82, 2.24) is 14.5 Å². The standard InChI is InChI=1S/C20H21F6N5O2.ClH/c1-10(32)29(2)18-16-9-30(3-4-31(16)19(28-18)20(24,25)26)17(33)7-12(27)5-11-6-14(22)15(23)8-13(11)21;/h6,8,12H,3-5,7,9,27H2,1-2H3;1H/t12-;/m1./s1. The van der Waals surface area contributed by atoms with Gasteiger partial charge in [-0.05, 0) is 18.1 Å². The summed E-state index contributed by atoms with van der Waals surface area (Å²) in [6, 6.07) is 0.0987. The van der Waals surface area contributed by atoms with Gasteiger partial charge in [0.25, 0.3) is 0 Å². The number of hydrogen-bond acceptors (Lipinski definition) is 4. The molecule has 0 fully saturated rings. The molecule has 0 spiro atoms. The minimum Gasteiger partial charge on any atom is -0.335 e. The van der Waals surface area contributed by atoms with Crippen LogP contribution in [0.4, 0.5) is 32.2 Å². The number of benzene rings is 1. The summed E-state index contributed by atoms with van der Waals surface area (Å²) in [5.41, 5.74) is 5.73. The Morgan fingerprint density at radius 3 is 2.35 bits per heavy atom. The number of amides is 2. The third-order valence-electron chi connectivity index (χ3n) is 5.39. The summed E-state index contributed by atoms with van der Waals surface area (Å²) in [7, 11) is 1.28. The fraction of sp³-hybridized carbons (Fsp3) is 0.450. The van der Waals surface area contributed by atoms with E-state index in [9.17, 15) is 35.9 Å². The number of halogens is 7. The van der Waals surface area contributed by atoms with E-state index in [1.807, 2.05) is 0 Å². The van der Waals surface area contributed by atoms with Crippen LogP contribution in [-0.2, 0) is 35.3 Å². The first-order chi connectivity index (χ1) is 15.3. The van der Waals surface area contributed by atoms with Gasteiger partial charge >= 0.3 is 6.18 Å². The van der Waals surface area contributed by atoms with Gasteiger partial charge in [-0.2, -0.15) is 13.2 Å². The third kappa shape index (κ3) is 5.63. The minimum atomic E-state index is -4.76. The highest BCUT2D eigenvalue weighted by Crippen LogP contribution is 2.35. The zero-order valence-electron chi connectivity index (χ0n) is 18.1. The average Bonchev–Trinajstić information content (AvgIpc) is 3.10. The molecule has 1 atom stereocenters. The highest BCUT2D eigenvalue weighted by Gasteiger charge is 2.41. The van der Waals surface area contributed by atoms with Gasteiger partial charge in [-0.25, -0.2) is 18.2 Å². The predicted molar refractivity (Wildman–Crippen MR) is 112 cm³/mol. The van der Waals surface area contributed by atoms with Crippen LogP contribution in [0.2, 0.25) is 0 Å². The van der Waals surface area contributed by atoms with E-state index in [0.29, 0.717) is 12.1 Å². The van der Waals surface area contributed by atoms with Crippen molar-refractivity contribution in [2.45, 2.75) is 45.1 Å². The van der Waals surface area contributed by atoms with Crippen molar-refractivity contribution in [2.24, 2.45) is 5.73 Å². The van der Waals surface area contributed by atoms with Gasteiger partial charge < -0.3 is 15.2 Å². The number of hydrogen-bond donors (Lipinski definition) is 1. The number of anilines is 1. The summed E-state index contributed by atoms with van der Waals surface area (Å²) in [5, 5.41) is 0. The molecule has 3 rings (SSSR count). The topological polar surface area (TPSA) is 84.5 Å². The molecule has 0 aliphatic carbocycles. The molecule has 2 heterocycles. The van der Waals surface area contributed by atoms with Gasteiger partial charge in [0, 0.05) is 45.6 Å². The zero-order valence-corrected chi connectivity index (χ0v) is 18.9. The molecule has 2 N–H and O–H groups in total. The monoisotopic (exact) mass is 513 g/mol. The molecule has 2 amide bonds. The van der Waals surface area contributed by atoms with Crippen LogP contribution < -0.4 is 10.6 Å². The second-order valence-electron chi connectivity index (χ2n) is 7.77. The molecule has 0 saturated heterocycles. The van der Waals surface area contributed by atoms with E-state index in [1.54, 1.807) is 0 Å². The number of carbonyl (C=O) groups is 2. The highest BCUT2D eigenvalue weighted by atomic mass is 35.5. The Balaban J connectivity index is 0.00000408. The first-order valence-corrected chi connectivity index (χ1v) is 9.87. The van der Waals surface area contributed by atoms with Crippen LogP contribution in [0.25, 0.3) is 0 Å². The van der Waals surface area contributed by atoms with Crippen LogP contribution in [0.3, 0.4) is 0 Å². The molecule has 1 aromatic heterocycles. The van der Waals surface area contributed by atoms with Crippen LogP contribution in [0.5, 0.6) is 0 Å². The number of nitrogens with zero attached hydrogens (tertiary/aromatic N) is 4. The van der Waals surface area contributed by atoms with E-state index >= 15 is 0 Å². The quantitative estimate of drug-likeness (QED) is 0.492. The number of aromatic nitrogens is 2. The second kappa shape index (κ2) is 10.2. The smallest absolute Gasteiger partial charge is 0.335 e. The van der Waals surface area contributed by atoms with Gasteiger partial charge in [0.1, 0.15) is 5.82 Å². The van der Waals surface area contributed by atoms with E-state index in [2.05, 4.69) is 4.98 Å². The number of rotatable bonds is 5. The molecular weight excluding hydrogens is 492 g/mol. The third-order valence-corrected chi connectivity index (χ3v) is 5.39. The molecule has 2 aromatic rings. The molecular formula is C20H22ClF6N5O2. The molecule has 7 nitrogen and oxygen atoms in total. The van der Waals surface area contributed by atoms with Crippen molar-refractivity contribution >= 4 is 30.0 Å². The molecule has 0 radical (unpaired) electrons. The molecule has 188 valence electrons. The summed E-state index contributed by atoms with van der Waals surface area (Å²) >= 11 is 0. The van der Waals surface area contributed by atoms with Crippen LogP contribution in [0.1, 0.15) is 30.4 Å². The van der Waals surface area contributed by atoms with Crippen molar-refractivity contribution in [3.8, 4) is 0 Å². The highest BCUT2D eigenvalue weighted by molar-refractivity contribution is 5.90. The van der Waals surface area contributed by atoms with Gasteiger partial charge in [0.2, 0.25) is 17.6 Å². The van der Waals surface area contributed by atoms with Crippen molar-refractivity contribution in [3.63, 3.8) is 0 Å². The Hall–Kier alpha value is -2.80. The predicted octanol–water partition coefficient (Wildman–Crippen LogP) is 3.03. The lowest BCUT2D eigenvalue weighted by Crippen LogP contribution is -2.42. The largest absolute Gasteiger partial charge is 0.449 e. The minimum absolute atomic E-state index is 0. The van der Waals surface area contributed by atoms with Crippen molar-refractivity contribution < 1.29 is 35.9 Å². The number of fused-ring (bicyclic) bond motifs is 1. The van der Waals surface area contributed by atoms with E-state index in [-0.39, 0.29) is 62.0 Å². The molecule has 1 aliphatic rings. The van der Waals surface area contributed by atoms with E-state index in [1.165, 1.54) is 18.9 Å². The number of imidazole rings is 1. The molecule has 0 saturated carbocycles. The first kappa shape index (κ1) is 27.4. The van der Waals surface area contributed by atoms with Crippen LogP contribution >= 0.6 is 12.4 Å². The normalized spacial score (nSPS) is 14.3. The van der Waals surface area contributed by atoms with E-state index in [0.717, 1.165) is 9.47 Å². The van der Waals surface area contributed by atoms with Gasteiger partial charge in [0.15, 0.2) is 17.5 Å². The lowest BCUT2D eigenvalue weighted by atomic mass is 10.0. The van der Waals surface area contributed by atoms with Gasteiger partial charge in [-0.3, -0.25) is 14.5 Å². The molecule has 1 aromatic carbocycles. The average molecular weight is 514 g/mol. The van der Waals surface area contributed by atoms with Crippen molar-refractivity contribution in [1.29, 1.82) is 0 Å². The van der Waals surface area contributed by atoms with E-state index < -0.39 is 47.3 Å². The Labute approximate surface area is 196 Å². The molecule has 1 aliphatic heterocycles. The van der Waals surface area contributed by atoms with E-state index in [4.69, 9.17) is 5.73 Å². The molecule has 34 heavy (non-hydrogen) atoms. The fourth-order valence-electron chi connectivity index (χ4n) is 3.63. The van der Waals surface area contributed by atoms with Crippen LogP contribution in [0, 0.1) is 17.5 Å². The molecule has 0 bridgehead atoms. The number of nitrogens with two attached hydrogens (primary N) is 1. The maximum atomic E-state index is 13.8. The van der Waals surface area contributed by atoms with Gasteiger partial charge in [0.05, 0.1) is 12.2 Å². The Bertz CT molecular complexity index is 1090. The maximum absolute atomic E-state index is 13.8. The summed E-state index contributed by atoms with van der Waals surface area (Å²) in [4.78, 5) is 30.2. The summed E-state index contributed by atoms with van der Waals surface area (Å²) < 4.78 is 81.4. The van der Waals surface area contributed by atoms with Crippen LogP contribution in [-0.4, -0.2) is 45.9 Å². The number of alkyl halides is 3. The Kier molecular flexibility index (Phi) is 8.25. The fourth-order valence-corrected chi connectivity index (χ4v) is 3.63. The van der Waals surface area contributed by atoms with Crippen molar-refractivity contribution in [2.75, 3.05) is 18.5 Å². The summed E-state index contributed by atoms with van der Waals surface area (Å²) in [6.07, 6.45) is -5.32. The Morgan fingerprint density at radius 2 is 1.76 bits per heavy atom. The maximum Gasteiger partial charge on any atom is 0.449 e. The molecule has 14 heteroatoms. The first-order valence-electron chi connectivity index (χ1n) is 9.87. The number of carbonyl (C=O) groups excluding carboxylic acids is 2. The summed E-state index contributed by atoms with van der Waals surface area (Å²) in [6.45, 7) is 0.644. The second-order valence-corrected chi connectivity index (χ2v) is 7.77. The lowest BCUT2D eigenvalue weighted by molar-refractivity contribution is -0.148. The van der Waals surface area contributed by atoms with Gasteiger partial charge in [-0.15, -0.1) is 12.4 Å². The van der Waals surface area contributed by atoms with Crippen molar-refractivity contribution in [3.05, 3.63) is 46.7 Å². The SMILES string of the molecule is CC(=O)N(C)c1nc(C(F)(F)F)n2c1CN(C(=O)C[C@H](N)Cc1cc(F)c(F)cc1F)CC2.Cl. The Morgan fingerprint density at radius 1 is 1.15 bits per heavy atom.